The highest BCUT2D eigenvalue weighted by Crippen LogP contribution is 2.45. The van der Waals surface area contributed by atoms with E-state index in [-0.39, 0.29) is 0 Å². The number of nitrogens with zero attached hydrogens (tertiary/aromatic N) is 1. The van der Waals surface area contributed by atoms with Gasteiger partial charge < -0.3 is 9.84 Å². The molecule has 0 amide bonds. The number of aromatic nitrogens is 2. The smallest absolute Gasteiger partial charge is 0.328 e. The maximum atomic E-state index is 10.9. The summed E-state index contributed by atoms with van der Waals surface area (Å²) in [7, 11) is 1.68. The molecule has 5 rings (SSSR count). The molecule has 0 saturated heterocycles. The van der Waals surface area contributed by atoms with Crippen LogP contribution in [0.5, 0.6) is 5.75 Å². The Hall–Kier alpha value is -4.12. The first-order valence-electron chi connectivity index (χ1n) is 11.5. The molecule has 170 valence electrons. The molecule has 0 radical (unpaired) electrons. The SMILES string of the molecule is COc1ccc(/C(=C(\c2ccc(/C=C/C(=O)O)cc2)c2ccc3[nH]ncc3c2)C2CCC2)cc1. The fourth-order valence-corrected chi connectivity index (χ4v) is 4.56. The lowest BCUT2D eigenvalue weighted by atomic mass is 9.73. The van der Waals surface area contributed by atoms with Crippen molar-refractivity contribution in [2.75, 3.05) is 7.11 Å². The lowest BCUT2D eigenvalue weighted by molar-refractivity contribution is -0.131. The maximum Gasteiger partial charge on any atom is 0.328 e. The van der Waals surface area contributed by atoms with Crippen LogP contribution in [-0.2, 0) is 4.79 Å². The molecule has 5 heteroatoms. The molecule has 0 unspecified atom stereocenters. The number of aromatic amines is 1. The van der Waals surface area contributed by atoms with Crippen LogP contribution in [0.3, 0.4) is 0 Å². The zero-order valence-corrected chi connectivity index (χ0v) is 19.0. The minimum absolute atomic E-state index is 0.482. The molecule has 1 saturated carbocycles. The molecule has 1 aromatic heterocycles. The number of carboxylic acid groups (broad SMARTS) is 1. The van der Waals surface area contributed by atoms with Crippen molar-refractivity contribution in [1.29, 1.82) is 0 Å². The quantitative estimate of drug-likeness (QED) is 0.251. The third-order valence-electron chi connectivity index (χ3n) is 6.53. The number of aliphatic carboxylic acids is 1. The van der Waals surface area contributed by atoms with E-state index in [2.05, 4.69) is 52.7 Å². The van der Waals surface area contributed by atoms with Gasteiger partial charge in [-0.25, -0.2) is 4.79 Å². The molecule has 1 heterocycles. The van der Waals surface area contributed by atoms with Gasteiger partial charge in [0.15, 0.2) is 0 Å². The number of ether oxygens (including phenoxy) is 1. The second-order valence-corrected chi connectivity index (χ2v) is 8.61. The Kier molecular flexibility index (Phi) is 6.00. The first-order valence-corrected chi connectivity index (χ1v) is 11.5. The monoisotopic (exact) mass is 450 g/mol. The van der Waals surface area contributed by atoms with Crippen LogP contribution in [0.15, 0.2) is 79.0 Å². The summed E-state index contributed by atoms with van der Waals surface area (Å²) in [5.41, 5.74) is 7.84. The number of allylic oxidation sites excluding steroid dienone is 1. The van der Waals surface area contributed by atoms with Crippen molar-refractivity contribution in [2.45, 2.75) is 19.3 Å². The van der Waals surface area contributed by atoms with E-state index in [1.165, 1.54) is 23.1 Å². The maximum absolute atomic E-state index is 10.9. The van der Waals surface area contributed by atoms with Gasteiger partial charge in [-0.2, -0.15) is 5.10 Å². The molecule has 3 aromatic carbocycles. The van der Waals surface area contributed by atoms with Gasteiger partial charge in [-0.3, -0.25) is 5.10 Å². The normalized spacial score (nSPS) is 14.7. The minimum atomic E-state index is -0.954. The van der Waals surface area contributed by atoms with Crippen LogP contribution in [0.4, 0.5) is 0 Å². The summed E-state index contributed by atoms with van der Waals surface area (Å²) in [5, 5.41) is 17.3. The fraction of sp³-hybridized carbons (Fsp3) is 0.172. The number of nitrogens with one attached hydrogen (secondary N) is 1. The molecule has 1 aliphatic carbocycles. The minimum Gasteiger partial charge on any atom is -0.497 e. The van der Waals surface area contributed by atoms with E-state index in [1.807, 2.05) is 30.5 Å². The van der Waals surface area contributed by atoms with Crippen LogP contribution >= 0.6 is 0 Å². The fourth-order valence-electron chi connectivity index (χ4n) is 4.56. The summed E-state index contributed by atoms with van der Waals surface area (Å²) in [6.07, 6.45) is 8.19. The van der Waals surface area contributed by atoms with Crippen LogP contribution in [0.25, 0.3) is 28.1 Å². The molecule has 5 nitrogen and oxygen atoms in total. The highest BCUT2D eigenvalue weighted by Gasteiger charge is 2.27. The van der Waals surface area contributed by atoms with Crippen LogP contribution in [-0.4, -0.2) is 28.4 Å². The predicted molar refractivity (Wildman–Crippen MR) is 135 cm³/mol. The summed E-state index contributed by atoms with van der Waals surface area (Å²) in [5.74, 6) is 0.368. The molecular formula is C29H26N2O3. The van der Waals surface area contributed by atoms with Gasteiger partial charge in [0, 0.05) is 11.5 Å². The molecule has 34 heavy (non-hydrogen) atoms. The zero-order valence-electron chi connectivity index (χ0n) is 19.0. The number of rotatable bonds is 7. The number of hydrogen-bond donors (Lipinski definition) is 2. The van der Waals surface area contributed by atoms with Crippen molar-refractivity contribution in [3.05, 3.63) is 101 Å². The third-order valence-corrected chi connectivity index (χ3v) is 6.53. The summed E-state index contributed by atoms with van der Waals surface area (Å²) in [4.78, 5) is 10.9. The topological polar surface area (TPSA) is 75.2 Å². The average molecular weight is 451 g/mol. The summed E-state index contributed by atoms with van der Waals surface area (Å²) >= 11 is 0. The van der Waals surface area contributed by atoms with E-state index in [1.54, 1.807) is 13.2 Å². The van der Waals surface area contributed by atoms with Gasteiger partial charge in [-0.1, -0.05) is 48.9 Å². The largest absolute Gasteiger partial charge is 0.497 e. The van der Waals surface area contributed by atoms with E-state index in [0.717, 1.165) is 52.3 Å². The molecular weight excluding hydrogens is 424 g/mol. The summed E-state index contributed by atoms with van der Waals surface area (Å²) < 4.78 is 5.40. The molecule has 1 aliphatic rings. The van der Waals surface area contributed by atoms with Crippen molar-refractivity contribution in [1.82, 2.24) is 10.2 Å². The van der Waals surface area contributed by atoms with E-state index < -0.39 is 5.97 Å². The van der Waals surface area contributed by atoms with Crippen molar-refractivity contribution in [3.63, 3.8) is 0 Å². The first kappa shape index (κ1) is 21.7. The molecule has 0 aliphatic heterocycles. The van der Waals surface area contributed by atoms with Crippen LogP contribution in [0.2, 0.25) is 0 Å². The number of fused-ring (bicyclic) bond motifs is 1. The van der Waals surface area contributed by atoms with Gasteiger partial charge in [0.2, 0.25) is 0 Å². The van der Waals surface area contributed by atoms with E-state index in [4.69, 9.17) is 9.84 Å². The Bertz CT molecular complexity index is 1380. The first-order chi connectivity index (χ1) is 16.6. The highest BCUT2D eigenvalue weighted by atomic mass is 16.5. The molecule has 0 bridgehead atoms. The summed E-state index contributed by atoms with van der Waals surface area (Å²) in [6, 6.07) is 22.8. The lowest BCUT2D eigenvalue weighted by Gasteiger charge is -2.31. The van der Waals surface area contributed by atoms with Crippen LogP contribution in [0, 0.1) is 5.92 Å². The third kappa shape index (κ3) is 4.37. The number of benzene rings is 3. The Labute approximate surface area is 198 Å². The highest BCUT2D eigenvalue weighted by molar-refractivity contribution is 6.01. The number of methoxy groups -OCH3 is 1. The molecule has 0 atom stereocenters. The summed E-state index contributed by atoms with van der Waals surface area (Å²) in [6.45, 7) is 0. The van der Waals surface area contributed by atoms with Gasteiger partial charge >= 0.3 is 5.97 Å². The predicted octanol–water partition coefficient (Wildman–Crippen LogP) is 6.43. The average Bonchev–Trinajstić information content (AvgIpc) is 3.30. The lowest BCUT2D eigenvalue weighted by Crippen LogP contribution is -2.15. The van der Waals surface area contributed by atoms with Crippen molar-refractivity contribution < 1.29 is 14.6 Å². The van der Waals surface area contributed by atoms with Gasteiger partial charge in [-0.15, -0.1) is 0 Å². The molecule has 1 fully saturated rings. The van der Waals surface area contributed by atoms with Gasteiger partial charge in [0.1, 0.15) is 5.75 Å². The van der Waals surface area contributed by atoms with Gasteiger partial charge in [0.05, 0.1) is 18.8 Å². The van der Waals surface area contributed by atoms with E-state index >= 15 is 0 Å². The second-order valence-electron chi connectivity index (χ2n) is 8.61. The molecule has 2 N–H and O–H groups in total. The Morgan fingerprint density at radius 1 is 1.00 bits per heavy atom. The number of hydrogen-bond acceptors (Lipinski definition) is 3. The number of carbonyl (C=O) groups is 1. The standard InChI is InChI=1S/C29H26N2O3/c1-34-25-13-10-22(11-14-25)28(20-3-2-4-20)29(23-12-15-26-24(17-23)18-30-31-26)21-8-5-19(6-9-21)7-16-27(32)33/h5-18,20H,2-4H2,1H3,(H,30,31)(H,32,33)/b16-7+,29-28+. The van der Waals surface area contributed by atoms with Gasteiger partial charge in [-0.05, 0) is 82.5 Å². The Morgan fingerprint density at radius 3 is 2.35 bits per heavy atom. The van der Waals surface area contributed by atoms with Crippen LogP contribution < -0.4 is 4.74 Å². The van der Waals surface area contributed by atoms with Crippen molar-refractivity contribution in [3.8, 4) is 5.75 Å². The van der Waals surface area contributed by atoms with E-state index in [0.29, 0.717) is 5.92 Å². The second kappa shape index (κ2) is 9.40. The number of carboxylic acids is 1. The Morgan fingerprint density at radius 2 is 1.71 bits per heavy atom. The number of H-pyrrole nitrogens is 1. The van der Waals surface area contributed by atoms with E-state index in [9.17, 15) is 4.79 Å². The Balaban J connectivity index is 1.71. The van der Waals surface area contributed by atoms with Crippen molar-refractivity contribution >= 4 is 34.1 Å². The van der Waals surface area contributed by atoms with Crippen LogP contribution in [0.1, 0.15) is 41.5 Å². The molecule has 4 aromatic rings. The molecule has 0 spiro atoms. The van der Waals surface area contributed by atoms with Gasteiger partial charge in [0.25, 0.3) is 0 Å². The van der Waals surface area contributed by atoms with Crippen molar-refractivity contribution in [2.24, 2.45) is 5.92 Å². The zero-order chi connectivity index (χ0) is 23.5.